The highest BCUT2D eigenvalue weighted by Crippen LogP contribution is 2.34. The van der Waals surface area contributed by atoms with Gasteiger partial charge < -0.3 is 10.5 Å². The number of nitrogens with two attached hydrogens (primary N) is 1. The Bertz CT molecular complexity index is 346. The van der Waals surface area contributed by atoms with E-state index in [1.54, 1.807) is 12.1 Å². The van der Waals surface area contributed by atoms with Gasteiger partial charge in [0.05, 0.1) is 18.6 Å². The molecule has 0 spiro atoms. The summed E-state index contributed by atoms with van der Waals surface area (Å²) in [7, 11) is 0. The van der Waals surface area contributed by atoms with Crippen molar-refractivity contribution in [3.63, 3.8) is 0 Å². The Morgan fingerprint density at radius 3 is 2.71 bits per heavy atom. The van der Waals surface area contributed by atoms with E-state index in [1.807, 2.05) is 0 Å². The van der Waals surface area contributed by atoms with Gasteiger partial charge in [-0.25, -0.2) is 4.39 Å². The van der Waals surface area contributed by atoms with E-state index in [0.717, 1.165) is 4.47 Å². The van der Waals surface area contributed by atoms with Crippen LogP contribution in [0.15, 0.2) is 22.7 Å². The lowest BCUT2D eigenvalue weighted by Gasteiger charge is -2.41. The highest BCUT2D eigenvalue weighted by Gasteiger charge is 2.41. The van der Waals surface area contributed by atoms with Gasteiger partial charge in [-0.1, -0.05) is 15.9 Å². The van der Waals surface area contributed by atoms with Gasteiger partial charge >= 0.3 is 0 Å². The summed E-state index contributed by atoms with van der Waals surface area (Å²) >= 11 is 3.32. The molecular formula is C10H11BrFNO. The van der Waals surface area contributed by atoms with Crippen LogP contribution < -0.4 is 5.73 Å². The molecule has 2 nitrogen and oxygen atoms in total. The van der Waals surface area contributed by atoms with E-state index in [0.29, 0.717) is 25.3 Å². The SMILES string of the molecule is NCC1(c2cc(Br)ccc2F)COC1. The van der Waals surface area contributed by atoms with E-state index in [1.165, 1.54) is 6.07 Å². The van der Waals surface area contributed by atoms with Crippen LogP contribution in [0.4, 0.5) is 4.39 Å². The Morgan fingerprint density at radius 1 is 1.50 bits per heavy atom. The van der Waals surface area contributed by atoms with Crippen LogP contribution in [0.5, 0.6) is 0 Å². The van der Waals surface area contributed by atoms with E-state index in [9.17, 15) is 4.39 Å². The molecule has 2 rings (SSSR count). The molecule has 1 aliphatic heterocycles. The molecule has 14 heavy (non-hydrogen) atoms. The van der Waals surface area contributed by atoms with Crippen LogP contribution in [0.1, 0.15) is 5.56 Å². The van der Waals surface area contributed by atoms with Crippen LogP contribution in [0, 0.1) is 5.82 Å². The molecule has 4 heteroatoms. The van der Waals surface area contributed by atoms with Crippen LogP contribution in [-0.2, 0) is 10.2 Å². The molecule has 0 saturated carbocycles. The van der Waals surface area contributed by atoms with Crippen molar-refractivity contribution in [1.29, 1.82) is 0 Å². The predicted octanol–water partition coefficient (Wildman–Crippen LogP) is 1.81. The number of ether oxygens (including phenoxy) is 1. The lowest BCUT2D eigenvalue weighted by molar-refractivity contribution is -0.0566. The van der Waals surface area contributed by atoms with E-state index in [-0.39, 0.29) is 11.2 Å². The Kier molecular flexibility index (Phi) is 2.60. The van der Waals surface area contributed by atoms with Crippen LogP contribution >= 0.6 is 15.9 Å². The van der Waals surface area contributed by atoms with Crippen molar-refractivity contribution in [3.8, 4) is 0 Å². The third-order valence-electron chi connectivity index (χ3n) is 2.65. The third kappa shape index (κ3) is 1.47. The highest BCUT2D eigenvalue weighted by molar-refractivity contribution is 9.10. The molecular weight excluding hydrogens is 249 g/mol. The van der Waals surface area contributed by atoms with Gasteiger partial charge in [0.15, 0.2) is 0 Å². The Labute approximate surface area is 90.4 Å². The highest BCUT2D eigenvalue weighted by atomic mass is 79.9. The largest absolute Gasteiger partial charge is 0.379 e. The first-order valence-electron chi connectivity index (χ1n) is 4.41. The number of rotatable bonds is 2. The number of hydrogen-bond donors (Lipinski definition) is 1. The Hall–Kier alpha value is -0.450. The van der Waals surface area contributed by atoms with Gasteiger partial charge in [-0.2, -0.15) is 0 Å². The molecule has 0 unspecified atom stereocenters. The first-order valence-corrected chi connectivity index (χ1v) is 5.21. The van der Waals surface area contributed by atoms with Gasteiger partial charge in [0.25, 0.3) is 0 Å². The first-order chi connectivity index (χ1) is 6.68. The molecule has 0 radical (unpaired) electrons. The molecule has 1 aliphatic rings. The summed E-state index contributed by atoms with van der Waals surface area (Å²) in [4.78, 5) is 0. The van der Waals surface area contributed by atoms with E-state index in [4.69, 9.17) is 10.5 Å². The van der Waals surface area contributed by atoms with E-state index in [2.05, 4.69) is 15.9 Å². The van der Waals surface area contributed by atoms with Gasteiger partial charge in [0, 0.05) is 16.6 Å². The summed E-state index contributed by atoms with van der Waals surface area (Å²) in [6, 6.07) is 4.92. The van der Waals surface area contributed by atoms with Crippen molar-refractivity contribution in [2.45, 2.75) is 5.41 Å². The molecule has 2 N–H and O–H groups in total. The summed E-state index contributed by atoms with van der Waals surface area (Å²) in [6.45, 7) is 1.44. The van der Waals surface area contributed by atoms with Crippen LogP contribution in [-0.4, -0.2) is 19.8 Å². The molecule has 0 atom stereocenters. The zero-order valence-corrected chi connectivity index (χ0v) is 9.18. The van der Waals surface area contributed by atoms with E-state index < -0.39 is 0 Å². The van der Waals surface area contributed by atoms with Crippen LogP contribution in [0.3, 0.4) is 0 Å². The Balaban J connectivity index is 2.43. The summed E-state index contributed by atoms with van der Waals surface area (Å²) in [5.74, 6) is -0.207. The molecule has 1 fully saturated rings. The lowest BCUT2D eigenvalue weighted by Crippen LogP contribution is -2.52. The molecule has 1 saturated heterocycles. The van der Waals surface area contributed by atoms with Crippen molar-refractivity contribution in [1.82, 2.24) is 0 Å². The third-order valence-corrected chi connectivity index (χ3v) is 3.14. The fraction of sp³-hybridized carbons (Fsp3) is 0.400. The maximum absolute atomic E-state index is 13.5. The molecule has 1 aromatic carbocycles. The topological polar surface area (TPSA) is 35.2 Å². The average Bonchev–Trinajstić information content (AvgIpc) is 2.10. The molecule has 0 aliphatic carbocycles. The normalized spacial score (nSPS) is 19.1. The zero-order chi connectivity index (χ0) is 10.2. The predicted molar refractivity (Wildman–Crippen MR) is 55.7 cm³/mol. The minimum absolute atomic E-state index is 0.207. The molecule has 0 bridgehead atoms. The van der Waals surface area contributed by atoms with Crippen molar-refractivity contribution in [3.05, 3.63) is 34.1 Å². The number of benzene rings is 1. The number of hydrogen-bond acceptors (Lipinski definition) is 2. The van der Waals surface area contributed by atoms with Gasteiger partial charge in [-0.3, -0.25) is 0 Å². The smallest absolute Gasteiger partial charge is 0.127 e. The monoisotopic (exact) mass is 259 g/mol. The van der Waals surface area contributed by atoms with Crippen molar-refractivity contribution >= 4 is 15.9 Å². The minimum Gasteiger partial charge on any atom is -0.379 e. The summed E-state index contributed by atoms with van der Waals surface area (Å²) in [5, 5.41) is 0. The molecule has 0 aromatic heterocycles. The lowest BCUT2D eigenvalue weighted by atomic mass is 9.78. The van der Waals surface area contributed by atoms with Gasteiger partial charge in [-0.15, -0.1) is 0 Å². The molecule has 0 amide bonds. The van der Waals surface area contributed by atoms with Gasteiger partial charge in [0.2, 0.25) is 0 Å². The van der Waals surface area contributed by atoms with Crippen molar-refractivity contribution in [2.75, 3.05) is 19.8 Å². The van der Waals surface area contributed by atoms with Crippen LogP contribution in [0.25, 0.3) is 0 Å². The second-order valence-corrected chi connectivity index (χ2v) is 4.52. The second-order valence-electron chi connectivity index (χ2n) is 3.60. The van der Waals surface area contributed by atoms with Crippen molar-refractivity contribution in [2.24, 2.45) is 5.73 Å². The average molecular weight is 260 g/mol. The summed E-state index contributed by atoms with van der Waals surface area (Å²) in [6.07, 6.45) is 0. The zero-order valence-electron chi connectivity index (χ0n) is 7.59. The molecule has 76 valence electrons. The van der Waals surface area contributed by atoms with Crippen LogP contribution in [0.2, 0.25) is 0 Å². The summed E-state index contributed by atoms with van der Waals surface area (Å²) in [5.41, 5.74) is 6.00. The fourth-order valence-corrected chi connectivity index (χ4v) is 2.00. The van der Waals surface area contributed by atoms with Gasteiger partial charge in [0.1, 0.15) is 5.82 Å². The fourth-order valence-electron chi connectivity index (χ4n) is 1.64. The minimum atomic E-state index is -0.312. The second kappa shape index (κ2) is 3.61. The molecule has 1 aromatic rings. The first kappa shape index (κ1) is 10.1. The standard InChI is InChI=1S/C10H11BrFNO/c11-7-1-2-9(12)8(3-7)10(4-13)5-14-6-10/h1-3H,4-6,13H2. The Morgan fingerprint density at radius 2 is 2.21 bits per heavy atom. The van der Waals surface area contributed by atoms with Gasteiger partial charge in [-0.05, 0) is 18.2 Å². The quantitative estimate of drug-likeness (QED) is 0.880. The molecule has 1 heterocycles. The summed E-state index contributed by atoms with van der Waals surface area (Å²) < 4.78 is 19.5. The maximum Gasteiger partial charge on any atom is 0.127 e. The maximum atomic E-state index is 13.5. The number of halogens is 2. The van der Waals surface area contributed by atoms with E-state index >= 15 is 0 Å². The van der Waals surface area contributed by atoms with Crippen molar-refractivity contribution < 1.29 is 9.13 Å².